The van der Waals surface area contributed by atoms with Crippen LogP contribution in [-0.4, -0.2) is 44.3 Å². The summed E-state index contributed by atoms with van der Waals surface area (Å²) in [6, 6.07) is 0. The summed E-state index contributed by atoms with van der Waals surface area (Å²) in [7, 11) is 2.15. The number of likely N-dealkylation sites (N-methyl/N-ethyl adjacent to an activating group) is 1. The van der Waals surface area contributed by atoms with E-state index in [0.29, 0.717) is 12.0 Å². The minimum absolute atomic E-state index is 0.343. The van der Waals surface area contributed by atoms with Crippen LogP contribution in [0.4, 0.5) is 0 Å². The zero-order chi connectivity index (χ0) is 11.7. The molecule has 92 valence electrons. The van der Waals surface area contributed by atoms with E-state index < -0.39 is 0 Å². The zero-order valence-electron chi connectivity index (χ0n) is 10.8. The number of nitrogens with two attached hydrogens (primary N) is 1. The van der Waals surface area contributed by atoms with Crippen LogP contribution in [0.15, 0.2) is 0 Å². The van der Waals surface area contributed by atoms with Gasteiger partial charge in [-0.1, -0.05) is 6.92 Å². The molecule has 1 atom stereocenters. The third-order valence-corrected chi connectivity index (χ3v) is 2.56. The van der Waals surface area contributed by atoms with E-state index in [0.717, 1.165) is 26.2 Å². The summed E-state index contributed by atoms with van der Waals surface area (Å²) in [5.41, 5.74) is 5.57. The highest BCUT2D eigenvalue weighted by Gasteiger charge is 2.02. The van der Waals surface area contributed by atoms with E-state index in [1.54, 1.807) is 0 Å². The van der Waals surface area contributed by atoms with Crippen molar-refractivity contribution in [3.05, 3.63) is 0 Å². The molecule has 0 aromatic heterocycles. The first kappa shape index (κ1) is 14.9. The van der Waals surface area contributed by atoms with Gasteiger partial charge in [0, 0.05) is 6.54 Å². The lowest BCUT2D eigenvalue weighted by Gasteiger charge is -2.18. The molecule has 0 aromatic carbocycles. The van der Waals surface area contributed by atoms with E-state index in [9.17, 15) is 0 Å². The van der Waals surface area contributed by atoms with Gasteiger partial charge in [0.25, 0.3) is 0 Å². The summed E-state index contributed by atoms with van der Waals surface area (Å²) in [5, 5.41) is 0. The normalized spacial score (nSPS) is 13.8. The summed E-state index contributed by atoms with van der Waals surface area (Å²) in [4.78, 5) is 2.33. The van der Waals surface area contributed by atoms with Crippen molar-refractivity contribution in [1.29, 1.82) is 0 Å². The van der Waals surface area contributed by atoms with Crippen LogP contribution >= 0.6 is 0 Å². The molecule has 0 radical (unpaired) electrons. The Bertz CT molecular complexity index is 140. The lowest BCUT2D eigenvalue weighted by atomic mass is 10.1. The van der Waals surface area contributed by atoms with E-state index >= 15 is 0 Å². The average Bonchev–Trinajstić information content (AvgIpc) is 2.17. The monoisotopic (exact) mass is 216 g/mol. The molecule has 0 aliphatic rings. The number of hydrogen-bond acceptors (Lipinski definition) is 3. The molecule has 0 aliphatic carbocycles. The Labute approximate surface area is 95.0 Å². The van der Waals surface area contributed by atoms with E-state index in [1.165, 1.54) is 12.8 Å². The summed E-state index contributed by atoms with van der Waals surface area (Å²) >= 11 is 0. The third-order valence-electron chi connectivity index (χ3n) is 2.56. The second-order valence-electron chi connectivity index (χ2n) is 4.71. The summed E-state index contributed by atoms with van der Waals surface area (Å²) in [6.07, 6.45) is 2.80. The van der Waals surface area contributed by atoms with Crippen LogP contribution in [0.5, 0.6) is 0 Å². The van der Waals surface area contributed by atoms with Crippen molar-refractivity contribution >= 4 is 0 Å². The minimum atomic E-state index is 0.343. The molecular formula is C12H28N2O. The van der Waals surface area contributed by atoms with Crippen LogP contribution in [0.3, 0.4) is 0 Å². The lowest BCUT2D eigenvalue weighted by Crippen LogP contribution is -2.26. The van der Waals surface area contributed by atoms with Gasteiger partial charge in [-0.05, 0) is 52.7 Å². The molecule has 3 nitrogen and oxygen atoms in total. The topological polar surface area (TPSA) is 38.5 Å². The molecule has 0 amide bonds. The molecule has 0 saturated carbocycles. The Balaban J connectivity index is 3.29. The van der Waals surface area contributed by atoms with Crippen molar-refractivity contribution in [3.8, 4) is 0 Å². The van der Waals surface area contributed by atoms with Gasteiger partial charge in [-0.15, -0.1) is 0 Å². The number of ether oxygens (including phenoxy) is 1. The van der Waals surface area contributed by atoms with Crippen LogP contribution in [-0.2, 0) is 4.74 Å². The van der Waals surface area contributed by atoms with Crippen molar-refractivity contribution in [2.75, 3.05) is 33.3 Å². The number of hydrogen-bond donors (Lipinski definition) is 1. The minimum Gasteiger partial charge on any atom is -0.377 e. The van der Waals surface area contributed by atoms with Crippen molar-refractivity contribution < 1.29 is 4.74 Å². The number of nitrogens with zero attached hydrogens (tertiary/aromatic N) is 1. The maximum atomic E-state index is 5.57. The first-order chi connectivity index (χ1) is 7.06. The van der Waals surface area contributed by atoms with E-state index in [1.807, 2.05) is 0 Å². The lowest BCUT2D eigenvalue weighted by molar-refractivity contribution is 0.0635. The second kappa shape index (κ2) is 9.13. The smallest absolute Gasteiger partial charge is 0.0596 e. The Morgan fingerprint density at radius 3 is 2.40 bits per heavy atom. The van der Waals surface area contributed by atoms with Crippen LogP contribution in [0.25, 0.3) is 0 Å². The second-order valence-corrected chi connectivity index (χ2v) is 4.71. The summed E-state index contributed by atoms with van der Waals surface area (Å²) in [6.45, 7) is 10.2. The fraction of sp³-hybridized carbons (Fsp3) is 1.00. The van der Waals surface area contributed by atoms with Gasteiger partial charge in [-0.3, -0.25) is 0 Å². The van der Waals surface area contributed by atoms with E-state index in [2.05, 4.69) is 32.7 Å². The molecule has 15 heavy (non-hydrogen) atoms. The SMILES string of the molecule is CC(CN)CCCN(C)CCOC(C)C. The first-order valence-corrected chi connectivity index (χ1v) is 6.06. The van der Waals surface area contributed by atoms with Crippen molar-refractivity contribution in [3.63, 3.8) is 0 Å². The average molecular weight is 216 g/mol. The Hall–Kier alpha value is -0.120. The molecule has 1 unspecified atom stereocenters. The maximum Gasteiger partial charge on any atom is 0.0596 e. The van der Waals surface area contributed by atoms with Gasteiger partial charge in [0.15, 0.2) is 0 Å². The third kappa shape index (κ3) is 10.2. The van der Waals surface area contributed by atoms with Crippen LogP contribution < -0.4 is 5.73 Å². The van der Waals surface area contributed by atoms with Crippen LogP contribution in [0.1, 0.15) is 33.6 Å². The summed E-state index contributed by atoms with van der Waals surface area (Å²) in [5.74, 6) is 0.658. The Morgan fingerprint density at radius 2 is 1.87 bits per heavy atom. The van der Waals surface area contributed by atoms with E-state index in [-0.39, 0.29) is 0 Å². The maximum absolute atomic E-state index is 5.57. The van der Waals surface area contributed by atoms with Gasteiger partial charge in [0.05, 0.1) is 12.7 Å². The van der Waals surface area contributed by atoms with E-state index in [4.69, 9.17) is 10.5 Å². The molecule has 3 heteroatoms. The largest absolute Gasteiger partial charge is 0.377 e. The quantitative estimate of drug-likeness (QED) is 0.638. The molecule has 0 rings (SSSR count). The predicted molar refractivity (Wildman–Crippen MR) is 66.0 cm³/mol. The van der Waals surface area contributed by atoms with Gasteiger partial charge in [0.2, 0.25) is 0 Å². The molecule has 0 fully saturated rings. The highest BCUT2D eigenvalue weighted by Crippen LogP contribution is 2.03. The van der Waals surface area contributed by atoms with Gasteiger partial charge < -0.3 is 15.4 Å². The molecule has 2 N–H and O–H groups in total. The van der Waals surface area contributed by atoms with Gasteiger partial charge >= 0.3 is 0 Å². The van der Waals surface area contributed by atoms with Crippen molar-refractivity contribution in [2.45, 2.75) is 39.7 Å². The van der Waals surface area contributed by atoms with Gasteiger partial charge in [0.1, 0.15) is 0 Å². The highest BCUT2D eigenvalue weighted by atomic mass is 16.5. The number of rotatable bonds is 9. The molecule has 0 spiro atoms. The molecule has 0 heterocycles. The predicted octanol–water partition coefficient (Wildman–Crippen LogP) is 1.72. The zero-order valence-corrected chi connectivity index (χ0v) is 10.8. The molecule has 0 bridgehead atoms. The standard InChI is InChI=1S/C12H28N2O/c1-11(2)15-9-8-14(4)7-5-6-12(3)10-13/h11-12H,5-10,13H2,1-4H3. The fourth-order valence-corrected chi connectivity index (χ4v) is 1.38. The van der Waals surface area contributed by atoms with Crippen LogP contribution in [0.2, 0.25) is 0 Å². The molecule has 0 saturated heterocycles. The van der Waals surface area contributed by atoms with Gasteiger partial charge in [-0.2, -0.15) is 0 Å². The molecule has 0 aromatic rings. The van der Waals surface area contributed by atoms with Crippen molar-refractivity contribution in [2.24, 2.45) is 11.7 Å². The first-order valence-electron chi connectivity index (χ1n) is 6.06. The summed E-state index contributed by atoms with van der Waals surface area (Å²) < 4.78 is 5.50. The molecule has 0 aliphatic heterocycles. The fourth-order valence-electron chi connectivity index (χ4n) is 1.38. The molecular weight excluding hydrogens is 188 g/mol. The Morgan fingerprint density at radius 1 is 1.20 bits per heavy atom. The van der Waals surface area contributed by atoms with Crippen molar-refractivity contribution in [1.82, 2.24) is 4.90 Å². The van der Waals surface area contributed by atoms with Gasteiger partial charge in [-0.25, -0.2) is 0 Å². The van der Waals surface area contributed by atoms with Crippen LogP contribution in [0, 0.1) is 5.92 Å². The Kier molecular flexibility index (Phi) is 9.06. The highest BCUT2D eigenvalue weighted by molar-refractivity contribution is 4.57.